The van der Waals surface area contributed by atoms with E-state index in [0.717, 1.165) is 46.3 Å². The van der Waals surface area contributed by atoms with Crippen molar-refractivity contribution in [2.24, 2.45) is 11.8 Å². The molecule has 6 rings (SSSR count). The first kappa shape index (κ1) is 38.2. The molecule has 4 aromatic rings. The van der Waals surface area contributed by atoms with Gasteiger partial charge in [0.05, 0.1) is 55.1 Å². The van der Waals surface area contributed by atoms with E-state index in [1.54, 1.807) is 27.8 Å². The monoisotopic (exact) mass is 754 g/mol. The van der Waals surface area contributed by atoms with Crippen molar-refractivity contribution in [1.29, 1.82) is 0 Å². The van der Waals surface area contributed by atoms with Gasteiger partial charge in [0.1, 0.15) is 23.7 Å². The Kier molecular flexibility index (Phi) is 11.8. The van der Waals surface area contributed by atoms with Gasteiger partial charge in [-0.2, -0.15) is 0 Å². The third kappa shape index (κ3) is 8.33. The molecule has 14 nitrogen and oxygen atoms in total. The zero-order chi connectivity index (χ0) is 38.5. The van der Waals surface area contributed by atoms with Crippen LogP contribution in [0.3, 0.4) is 0 Å². The number of alkyl carbamates (subject to hydrolysis) is 2. The van der Waals surface area contributed by atoms with Crippen LogP contribution in [0.15, 0.2) is 48.7 Å². The average molecular weight is 755 g/mol. The molecule has 0 radical (unpaired) electrons. The summed E-state index contributed by atoms with van der Waals surface area (Å²) in [5.41, 5.74) is 5.02. The minimum atomic E-state index is -0.706. The Balaban J connectivity index is 1.12. The van der Waals surface area contributed by atoms with Crippen LogP contribution in [0.25, 0.3) is 22.3 Å². The minimum absolute atomic E-state index is 0.113. The number of carbonyl (C=O) groups is 4. The van der Waals surface area contributed by atoms with E-state index in [2.05, 4.69) is 37.4 Å². The maximum absolute atomic E-state index is 13.5. The van der Waals surface area contributed by atoms with Crippen LogP contribution in [-0.2, 0) is 19.1 Å². The zero-order valence-electron chi connectivity index (χ0n) is 31.3. The molecule has 54 heavy (non-hydrogen) atoms. The number of fused-ring (bicyclic) bond motifs is 1. The van der Waals surface area contributed by atoms with Crippen molar-refractivity contribution < 1.29 is 28.7 Å². The molecule has 0 aliphatic carbocycles. The third-order valence-electron chi connectivity index (χ3n) is 9.76. The molecule has 2 aliphatic rings. The predicted molar refractivity (Wildman–Crippen MR) is 205 cm³/mol. The molecule has 4 unspecified atom stereocenters. The largest absolute Gasteiger partial charge is 0.453 e. The molecule has 0 bridgehead atoms. The fourth-order valence-electron chi connectivity index (χ4n) is 6.75. The Morgan fingerprint density at radius 2 is 1.46 bits per heavy atom. The average Bonchev–Trinajstić information content (AvgIpc) is 4.00. The lowest BCUT2D eigenvalue weighted by Gasteiger charge is -2.29. The van der Waals surface area contributed by atoms with E-state index in [1.807, 2.05) is 70.2 Å². The fourth-order valence-corrected chi connectivity index (χ4v) is 7.92. The molecule has 2 fully saturated rings. The second-order valence-corrected chi connectivity index (χ2v) is 15.1. The summed E-state index contributed by atoms with van der Waals surface area (Å²) in [4.78, 5) is 70.7. The first-order chi connectivity index (χ1) is 26.0. The summed E-state index contributed by atoms with van der Waals surface area (Å²) in [5, 5.41) is 5.36. The van der Waals surface area contributed by atoms with Crippen LogP contribution in [-0.4, -0.2) is 98.2 Å². The Hall–Kier alpha value is -5.49. The van der Waals surface area contributed by atoms with Crippen molar-refractivity contribution >= 4 is 46.8 Å². The van der Waals surface area contributed by atoms with Gasteiger partial charge >= 0.3 is 12.2 Å². The van der Waals surface area contributed by atoms with Crippen LogP contribution >= 0.6 is 11.8 Å². The highest BCUT2D eigenvalue weighted by molar-refractivity contribution is 7.99. The van der Waals surface area contributed by atoms with Crippen molar-refractivity contribution in [3.05, 3.63) is 71.4 Å². The van der Waals surface area contributed by atoms with E-state index in [0.29, 0.717) is 29.8 Å². The summed E-state index contributed by atoms with van der Waals surface area (Å²) in [6.07, 6.45) is 2.10. The van der Waals surface area contributed by atoms with Gasteiger partial charge in [0.15, 0.2) is 0 Å². The molecule has 2 aromatic heterocycles. The van der Waals surface area contributed by atoms with E-state index in [9.17, 15) is 19.2 Å². The topological polar surface area (TPSA) is 175 Å². The maximum atomic E-state index is 13.5. The highest BCUT2D eigenvalue weighted by Gasteiger charge is 2.39. The molecule has 4 N–H and O–H groups in total. The summed E-state index contributed by atoms with van der Waals surface area (Å²) in [5.74, 6) is 8.53. The van der Waals surface area contributed by atoms with Crippen LogP contribution in [0.5, 0.6) is 0 Å². The molecule has 0 spiro atoms. The number of ether oxygens (including phenoxy) is 2. The van der Waals surface area contributed by atoms with Crippen LogP contribution in [0.1, 0.15) is 75.4 Å². The predicted octanol–water partition coefficient (Wildman–Crippen LogP) is 5.35. The van der Waals surface area contributed by atoms with Gasteiger partial charge in [0, 0.05) is 23.4 Å². The lowest BCUT2D eigenvalue weighted by molar-refractivity contribution is -0.136. The number of aromatic amines is 2. The second-order valence-electron chi connectivity index (χ2n) is 14.1. The van der Waals surface area contributed by atoms with E-state index in [1.165, 1.54) is 14.2 Å². The van der Waals surface area contributed by atoms with Crippen LogP contribution in [0.4, 0.5) is 9.59 Å². The SMILES string of the molecule is COC(=O)NC(C(=O)N1CSCC1c1ncc(-c2ccc(C#Cc3ccc4nc(C5CCCN5C(=O)C(NC(=O)OC)C(C)C)[nH]c4c3)cc2)[nH]1)C(C)C. The molecular weight excluding hydrogens is 709 g/mol. The maximum Gasteiger partial charge on any atom is 0.407 e. The van der Waals surface area contributed by atoms with Crippen molar-refractivity contribution in [3.63, 3.8) is 0 Å². The van der Waals surface area contributed by atoms with Crippen molar-refractivity contribution in [3.8, 4) is 23.1 Å². The minimum Gasteiger partial charge on any atom is -0.453 e. The molecule has 2 aliphatic heterocycles. The van der Waals surface area contributed by atoms with Crippen LogP contribution in [0, 0.1) is 23.7 Å². The number of carbonyl (C=O) groups excluding carboxylic acids is 4. The number of rotatable bonds is 9. The highest BCUT2D eigenvalue weighted by atomic mass is 32.2. The molecule has 2 aromatic carbocycles. The summed E-state index contributed by atoms with van der Waals surface area (Å²) in [7, 11) is 2.56. The molecular formula is C39H46N8O6S. The van der Waals surface area contributed by atoms with Gasteiger partial charge in [-0.3, -0.25) is 9.59 Å². The molecule has 4 atom stereocenters. The summed E-state index contributed by atoms with van der Waals surface area (Å²) in [6.45, 7) is 8.14. The first-order valence-corrected chi connectivity index (χ1v) is 19.2. The summed E-state index contributed by atoms with van der Waals surface area (Å²) >= 11 is 1.64. The number of imidazole rings is 2. The number of H-pyrrole nitrogens is 2. The highest BCUT2D eigenvalue weighted by Crippen LogP contribution is 2.35. The number of methoxy groups -OCH3 is 2. The Morgan fingerprint density at radius 1 is 0.833 bits per heavy atom. The lowest BCUT2D eigenvalue weighted by atomic mass is 10.0. The number of hydrogen-bond donors (Lipinski definition) is 4. The van der Waals surface area contributed by atoms with Gasteiger partial charge < -0.3 is 39.9 Å². The number of benzene rings is 2. The number of thioether (sulfide) groups is 1. The van der Waals surface area contributed by atoms with E-state index >= 15 is 0 Å². The van der Waals surface area contributed by atoms with Gasteiger partial charge in [-0.15, -0.1) is 11.8 Å². The number of hydrogen-bond acceptors (Lipinski definition) is 9. The summed E-state index contributed by atoms with van der Waals surface area (Å²) < 4.78 is 9.49. The third-order valence-corrected chi connectivity index (χ3v) is 10.8. The molecule has 4 amide bonds. The Labute approximate surface area is 318 Å². The van der Waals surface area contributed by atoms with Crippen molar-refractivity contribution in [2.75, 3.05) is 32.4 Å². The number of likely N-dealkylation sites (tertiary alicyclic amines) is 1. The summed E-state index contributed by atoms with van der Waals surface area (Å²) in [6, 6.07) is 11.8. The smallest absolute Gasteiger partial charge is 0.407 e. The van der Waals surface area contributed by atoms with Gasteiger partial charge in [-0.1, -0.05) is 51.7 Å². The van der Waals surface area contributed by atoms with Gasteiger partial charge in [0.2, 0.25) is 11.8 Å². The van der Waals surface area contributed by atoms with E-state index in [4.69, 9.17) is 14.5 Å². The van der Waals surface area contributed by atoms with E-state index in [-0.39, 0.29) is 35.7 Å². The second kappa shape index (κ2) is 16.7. The normalized spacial score (nSPS) is 18.0. The number of nitrogens with one attached hydrogen (secondary N) is 4. The number of aromatic nitrogens is 4. The quantitative estimate of drug-likeness (QED) is 0.164. The van der Waals surface area contributed by atoms with Crippen molar-refractivity contribution in [1.82, 2.24) is 40.4 Å². The Bertz CT molecular complexity index is 2070. The molecule has 15 heteroatoms. The Morgan fingerprint density at radius 3 is 2.11 bits per heavy atom. The van der Waals surface area contributed by atoms with Gasteiger partial charge in [-0.25, -0.2) is 19.6 Å². The fraction of sp³-hybridized carbons (Fsp3) is 0.436. The van der Waals surface area contributed by atoms with Crippen LogP contribution in [0.2, 0.25) is 0 Å². The van der Waals surface area contributed by atoms with Crippen LogP contribution < -0.4 is 10.6 Å². The molecule has 0 saturated carbocycles. The van der Waals surface area contributed by atoms with E-state index < -0.39 is 24.3 Å². The van der Waals surface area contributed by atoms with Gasteiger partial charge in [0.25, 0.3) is 0 Å². The molecule has 284 valence electrons. The molecule has 4 heterocycles. The standard InChI is InChI=1S/C39H46N8O6S/c1-22(2)32(44-38(50)52-5)36(48)46-17-7-8-30(46)35-41-27-16-13-25(18-28(27)42-35)10-9-24-11-14-26(15-12-24)29-19-40-34(43-29)31-20-54-21-47(31)37(49)33(23(3)4)45-39(51)53-6/h11-16,18-19,22-23,30-33H,7-8,17,20-21H2,1-6H3,(H,40,43)(H,41,42)(H,44,50)(H,45,51). The number of amides is 4. The zero-order valence-corrected chi connectivity index (χ0v) is 32.1. The first-order valence-electron chi connectivity index (χ1n) is 18.0. The van der Waals surface area contributed by atoms with Crippen molar-refractivity contribution in [2.45, 2.75) is 64.7 Å². The molecule has 2 saturated heterocycles. The number of nitrogens with zero attached hydrogens (tertiary/aromatic N) is 4. The van der Waals surface area contributed by atoms with Gasteiger partial charge in [-0.05, 0) is 60.6 Å². The lowest BCUT2D eigenvalue weighted by Crippen LogP contribution is -2.51.